The highest BCUT2D eigenvalue weighted by Crippen LogP contribution is 2.25. The Labute approximate surface area is 72.2 Å². The second-order valence-electron chi connectivity index (χ2n) is 3.14. The van der Waals surface area contributed by atoms with Crippen LogP contribution in [0.3, 0.4) is 0 Å². The van der Waals surface area contributed by atoms with Crippen LogP contribution in [0.4, 0.5) is 0 Å². The molecule has 0 atom stereocenters. The lowest BCUT2D eigenvalue weighted by atomic mass is 9.82. The van der Waals surface area contributed by atoms with Crippen LogP contribution in [0.15, 0.2) is 11.6 Å². The van der Waals surface area contributed by atoms with Crippen molar-refractivity contribution in [3.05, 3.63) is 11.6 Å². The van der Waals surface area contributed by atoms with Crippen LogP contribution in [0.25, 0.3) is 0 Å². The van der Waals surface area contributed by atoms with Crippen LogP contribution in [-0.4, -0.2) is 24.3 Å². The molecule has 1 rings (SSSR count). The van der Waals surface area contributed by atoms with E-state index in [-0.39, 0.29) is 6.10 Å². The fourth-order valence-corrected chi connectivity index (χ4v) is 1.37. The van der Waals surface area contributed by atoms with E-state index >= 15 is 0 Å². The predicted molar refractivity (Wildman–Crippen MR) is 46.6 cm³/mol. The van der Waals surface area contributed by atoms with E-state index in [1.54, 1.807) is 0 Å². The van der Waals surface area contributed by atoms with E-state index in [0.717, 1.165) is 19.4 Å². The van der Waals surface area contributed by atoms with Crippen molar-refractivity contribution in [2.75, 3.05) is 13.1 Å². The molecule has 0 aromatic rings. The summed E-state index contributed by atoms with van der Waals surface area (Å²) in [5.74, 6) is 0.640. The number of aliphatic hydroxyl groups excluding tert-OH is 1. The lowest BCUT2D eigenvalue weighted by molar-refractivity contribution is 0.0435. The first-order valence-electron chi connectivity index (χ1n) is 3.90. The molecule has 1 saturated carbocycles. The van der Waals surface area contributed by atoms with Crippen molar-refractivity contribution in [1.82, 2.24) is 5.32 Å². The van der Waals surface area contributed by atoms with Crippen LogP contribution in [0.5, 0.6) is 0 Å². The molecular weight excluding hydrogens is 162 g/mol. The Balaban J connectivity index is 1.92. The van der Waals surface area contributed by atoms with E-state index in [1.807, 2.05) is 0 Å². The molecule has 0 aromatic carbocycles. The van der Waals surface area contributed by atoms with Crippen molar-refractivity contribution in [2.24, 2.45) is 5.92 Å². The highest BCUT2D eigenvalue weighted by molar-refractivity contribution is 6.29. The lowest BCUT2D eigenvalue weighted by Gasteiger charge is -2.31. The smallest absolute Gasteiger partial charge is 0.0546 e. The highest BCUT2D eigenvalue weighted by atomic mass is 35.5. The Hall–Kier alpha value is -0.0500. The van der Waals surface area contributed by atoms with Crippen molar-refractivity contribution in [3.8, 4) is 0 Å². The second kappa shape index (κ2) is 4.10. The molecule has 3 heteroatoms. The van der Waals surface area contributed by atoms with E-state index < -0.39 is 0 Å². The first-order chi connectivity index (χ1) is 5.18. The Morgan fingerprint density at radius 2 is 2.27 bits per heavy atom. The average molecular weight is 176 g/mol. The summed E-state index contributed by atoms with van der Waals surface area (Å²) in [7, 11) is 0. The van der Waals surface area contributed by atoms with Crippen molar-refractivity contribution >= 4 is 11.6 Å². The molecule has 1 aliphatic carbocycles. The van der Waals surface area contributed by atoms with E-state index in [4.69, 9.17) is 16.7 Å². The summed E-state index contributed by atoms with van der Waals surface area (Å²) >= 11 is 5.54. The Bertz CT molecular complexity index is 143. The first-order valence-corrected chi connectivity index (χ1v) is 4.28. The zero-order chi connectivity index (χ0) is 8.27. The molecule has 0 amide bonds. The first kappa shape index (κ1) is 9.04. The SMILES string of the molecule is C=C(Cl)CNCC1CC(O)C1. The highest BCUT2D eigenvalue weighted by Gasteiger charge is 2.26. The molecule has 2 nitrogen and oxygen atoms in total. The third kappa shape index (κ3) is 3.23. The summed E-state index contributed by atoms with van der Waals surface area (Å²) in [5.41, 5.74) is 0. The van der Waals surface area contributed by atoms with Crippen LogP contribution in [-0.2, 0) is 0 Å². The minimum absolute atomic E-state index is 0.0546. The quantitative estimate of drug-likeness (QED) is 0.671. The number of halogens is 1. The summed E-state index contributed by atoms with van der Waals surface area (Å²) in [6.45, 7) is 5.19. The maximum atomic E-state index is 8.96. The van der Waals surface area contributed by atoms with Gasteiger partial charge in [-0.05, 0) is 25.3 Å². The normalized spacial score (nSPS) is 29.6. The molecule has 0 bridgehead atoms. The van der Waals surface area contributed by atoms with Gasteiger partial charge in [0.05, 0.1) is 6.10 Å². The molecule has 0 saturated heterocycles. The van der Waals surface area contributed by atoms with Gasteiger partial charge in [-0.1, -0.05) is 18.2 Å². The third-order valence-corrected chi connectivity index (χ3v) is 2.09. The van der Waals surface area contributed by atoms with Crippen molar-refractivity contribution in [2.45, 2.75) is 18.9 Å². The van der Waals surface area contributed by atoms with Crippen molar-refractivity contribution in [1.29, 1.82) is 0 Å². The van der Waals surface area contributed by atoms with Gasteiger partial charge in [0, 0.05) is 11.6 Å². The summed E-state index contributed by atoms with van der Waals surface area (Å²) in [4.78, 5) is 0. The molecule has 1 fully saturated rings. The van der Waals surface area contributed by atoms with E-state index in [9.17, 15) is 0 Å². The zero-order valence-electron chi connectivity index (χ0n) is 6.52. The second-order valence-corrected chi connectivity index (χ2v) is 3.67. The monoisotopic (exact) mass is 175 g/mol. The van der Waals surface area contributed by atoms with Gasteiger partial charge in [-0.15, -0.1) is 0 Å². The predicted octanol–water partition coefficient (Wildman–Crippen LogP) is 1.10. The Morgan fingerprint density at radius 3 is 2.73 bits per heavy atom. The van der Waals surface area contributed by atoms with Gasteiger partial charge in [0.15, 0.2) is 0 Å². The molecule has 64 valence electrons. The number of aliphatic hydroxyl groups is 1. The summed E-state index contributed by atoms with van der Waals surface area (Å²) in [6, 6.07) is 0. The van der Waals surface area contributed by atoms with Crippen LogP contribution in [0.1, 0.15) is 12.8 Å². The Morgan fingerprint density at radius 1 is 1.64 bits per heavy atom. The molecular formula is C8H14ClNO. The molecule has 0 aliphatic heterocycles. The molecule has 2 N–H and O–H groups in total. The van der Waals surface area contributed by atoms with Gasteiger partial charge < -0.3 is 10.4 Å². The van der Waals surface area contributed by atoms with Crippen LogP contribution < -0.4 is 5.32 Å². The zero-order valence-corrected chi connectivity index (χ0v) is 7.27. The standard InChI is InChI=1S/C8H14ClNO/c1-6(9)4-10-5-7-2-8(11)3-7/h7-8,10-11H,1-5H2. The number of rotatable bonds is 4. The summed E-state index contributed by atoms with van der Waals surface area (Å²) in [6.07, 6.45) is 1.81. The van der Waals surface area contributed by atoms with Crippen LogP contribution in [0.2, 0.25) is 0 Å². The molecule has 0 spiro atoms. The van der Waals surface area contributed by atoms with Crippen molar-refractivity contribution in [3.63, 3.8) is 0 Å². The lowest BCUT2D eigenvalue weighted by Crippen LogP contribution is -2.36. The molecule has 0 aromatic heterocycles. The van der Waals surface area contributed by atoms with Gasteiger partial charge in [-0.2, -0.15) is 0 Å². The van der Waals surface area contributed by atoms with Gasteiger partial charge in [0.1, 0.15) is 0 Å². The molecule has 1 aliphatic rings. The van der Waals surface area contributed by atoms with E-state index in [2.05, 4.69) is 11.9 Å². The Kier molecular flexibility index (Phi) is 3.37. The molecule has 0 unspecified atom stereocenters. The van der Waals surface area contributed by atoms with E-state index in [0.29, 0.717) is 17.5 Å². The summed E-state index contributed by atoms with van der Waals surface area (Å²) in [5, 5.41) is 12.8. The minimum atomic E-state index is -0.0546. The number of hydrogen-bond acceptors (Lipinski definition) is 2. The van der Waals surface area contributed by atoms with Gasteiger partial charge in [-0.25, -0.2) is 0 Å². The maximum Gasteiger partial charge on any atom is 0.0546 e. The molecule has 11 heavy (non-hydrogen) atoms. The third-order valence-electron chi connectivity index (χ3n) is 1.96. The fourth-order valence-electron chi connectivity index (χ4n) is 1.28. The topological polar surface area (TPSA) is 32.3 Å². The van der Waals surface area contributed by atoms with E-state index in [1.165, 1.54) is 0 Å². The van der Waals surface area contributed by atoms with Crippen LogP contribution in [0, 0.1) is 5.92 Å². The number of nitrogens with one attached hydrogen (secondary N) is 1. The maximum absolute atomic E-state index is 8.96. The van der Waals surface area contributed by atoms with Gasteiger partial charge in [-0.3, -0.25) is 0 Å². The van der Waals surface area contributed by atoms with Crippen molar-refractivity contribution < 1.29 is 5.11 Å². The average Bonchev–Trinajstić information content (AvgIpc) is 1.83. The molecule has 0 heterocycles. The molecule has 0 radical (unpaired) electrons. The number of hydrogen-bond donors (Lipinski definition) is 2. The fraction of sp³-hybridized carbons (Fsp3) is 0.750. The van der Waals surface area contributed by atoms with Crippen LogP contribution >= 0.6 is 11.6 Å². The minimum Gasteiger partial charge on any atom is -0.393 e. The summed E-state index contributed by atoms with van der Waals surface area (Å²) < 4.78 is 0. The van der Waals surface area contributed by atoms with Gasteiger partial charge in [0.2, 0.25) is 0 Å². The van der Waals surface area contributed by atoms with Gasteiger partial charge in [0.25, 0.3) is 0 Å². The largest absolute Gasteiger partial charge is 0.393 e. The van der Waals surface area contributed by atoms with Gasteiger partial charge >= 0.3 is 0 Å².